The normalized spacial score (nSPS) is 10.9. The first-order valence-corrected chi connectivity index (χ1v) is 8.01. The number of halogens is 1. The number of benzene rings is 2. The van der Waals surface area contributed by atoms with Gasteiger partial charge in [-0.15, -0.1) is 0 Å². The summed E-state index contributed by atoms with van der Waals surface area (Å²) >= 11 is 3.31. The monoisotopic (exact) mass is 388 g/mol. The lowest BCUT2D eigenvalue weighted by Gasteiger charge is -2.02. The third kappa shape index (κ3) is 3.19. The third-order valence-corrected chi connectivity index (χ3v) is 4.21. The molecule has 5 nitrogen and oxygen atoms in total. The van der Waals surface area contributed by atoms with Gasteiger partial charge >= 0.3 is 5.97 Å². The lowest BCUT2D eigenvalue weighted by Crippen LogP contribution is -2.05. The number of aryl methyl sites for hydroxylation is 1. The van der Waals surface area contributed by atoms with E-state index in [1.54, 1.807) is 30.3 Å². The van der Waals surface area contributed by atoms with Crippen LogP contribution in [-0.4, -0.2) is 22.0 Å². The van der Waals surface area contributed by atoms with E-state index in [1.165, 1.54) is 12.1 Å². The second kappa shape index (κ2) is 6.49. The zero-order chi connectivity index (χ0) is 17.3. The molecule has 0 radical (unpaired) electrons. The van der Waals surface area contributed by atoms with Crippen molar-refractivity contribution in [1.29, 1.82) is 0 Å². The predicted octanol–water partition coefficient (Wildman–Crippen LogP) is 4.15. The van der Waals surface area contributed by atoms with Gasteiger partial charge in [-0.25, -0.2) is 0 Å². The van der Waals surface area contributed by atoms with Crippen molar-refractivity contribution in [3.8, 4) is 5.75 Å². The van der Waals surface area contributed by atoms with Crippen LogP contribution in [0, 0.1) is 0 Å². The second-order valence-corrected chi connectivity index (χ2v) is 6.24. The van der Waals surface area contributed by atoms with Crippen LogP contribution in [0.2, 0.25) is 0 Å². The highest BCUT2D eigenvalue weighted by atomic mass is 79.9. The Labute approximate surface area is 145 Å². The Hall–Kier alpha value is -2.60. The number of carboxylic acids is 1. The number of fused-ring (bicyclic) bond motifs is 1. The van der Waals surface area contributed by atoms with Crippen molar-refractivity contribution in [2.45, 2.75) is 12.8 Å². The van der Waals surface area contributed by atoms with Gasteiger partial charge in [0.2, 0.25) is 5.78 Å². The minimum absolute atomic E-state index is 0.0173. The number of phenols is 1. The number of aliphatic carboxylic acids is 1. The Kier molecular flexibility index (Phi) is 4.40. The number of hydrogen-bond donors (Lipinski definition) is 2. The summed E-state index contributed by atoms with van der Waals surface area (Å²) in [6, 6.07) is 11.4. The third-order valence-electron chi connectivity index (χ3n) is 3.68. The molecule has 0 unspecified atom stereocenters. The summed E-state index contributed by atoms with van der Waals surface area (Å²) in [6.07, 6.45) is 0.0564. The highest BCUT2D eigenvalue weighted by Gasteiger charge is 2.22. The first-order valence-electron chi connectivity index (χ1n) is 7.22. The van der Waals surface area contributed by atoms with Gasteiger partial charge in [-0.05, 0) is 42.8 Å². The molecule has 2 aromatic carbocycles. The Morgan fingerprint density at radius 2 is 1.79 bits per heavy atom. The molecule has 0 spiro atoms. The van der Waals surface area contributed by atoms with E-state index in [4.69, 9.17) is 9.52 Å². The number of phenolic OH excluding ortho intramolecular Hbond substituents is 1. The summed E-state index contributed by atoms with van der Waals surface area (Å²) in [4.78, 5) is 23.7. The number of aromatic hydroxyl groups is 1. The summed E-state index contributed by atoms with van der Waals surface area (Å²) in [5.41, 5.74) is 1.34. The summed E-state index contributed by atoms with van der Waals surface area (Å²) in [5, 5.41) is 19.2. The van der Waals surface area contributed by atoms with Crippen LogP contribution in [0.1, 0.15) is 28.1 Å². The van der Waals surface area contributed by atoms with Crippen molar-refractivity contribution >= 4 is 38.7 Å². The van der Waals surface area contributed by atoms with Gasteiger partial charge in [0, 0.05) is 33.5 Å². The number of ketones is 1. The van der Waals surface area contributed by atoms with E-state index >= 15 is 0 Å². The average molecular weight is 389 g/mol. The van der Waals surface area contributed by atoms with E-state index in [0.29, 0.717) is 22.1 Å². The van der Waals surface area contributed by atoms with Gasteiger partial charge in [-0.2, -0.15) is 0 Å². The summed E-state index contributed by atoms with van der Waals surface area (Å²) in [5.74, 6) is -1.15. The summed E-state index contributed by atoms with van der Waals surface area (Å²) in [7, 11) is 0. The van der Waals surface area contributed by atoms with Gasteiger partial charge in [0.25, 0.3) is 0 Å². The van der Waals surface area contributed by atoms with E-state index in [0.717, 1.165) is 4.47 Å². The summed E-state index contributed by atoms with van der Waals surface area (Å²) in [6.45, 7) is 0. The van der Waals surface area contributed by atoms with Gasteiger partial charge in [0.15, 0.2) is 5.76 Å². The quantitative estimate of drug-likeness (QED) is 0.641. The average Bonchev–Trinajstić information content (AvgIpc) is 2.90. The summed E-state index contributed by atoms with van der Waals surface area (Å²) < 4.78 is 6.49. The van der Waals surface area contributed by atoms with E-state index in [9.17, 15) is 14.7 Å². The van der Waals surface area contributed by atoms with Crippen molar-refractivity contribution in [2.75, 3.05) is 0 Å². The molecule has 24 heavy (non-hydrogen) atoms. The highest BCUT2D eigenvalue weighted by molar-refractivity contribution is 9.10. The number of hydrogen-bond acceptors (Lipinski definition) is 4. The minimum Gasteiger partial charge on any atom is -0.508 e. The maximum Gasteiger partial charge on any atom is 0.303 e. The number of furan rings is 1. The Morgan fingerprint density at radius 3 is 2.46 bits per heavy atom. The van der Waals surface area contributed by atoms with Gasteiger partial charge in [-0.3, -0.25) is 9.59 Å². The SMILES string of the molecule is O=C(O)CCc1c(C(=O)c2ccc(Br)cc2)oc2cc(O)ccc12. The number of rotatable bonds is 5. The number of carboxylic acid groups (broad SMARTS) is 1. The molecule has 6 heteroatoms. The molecular formula is C18H13BrO5. The van der Waals surface area contributed by atoms with Crippen LogP contribution in [0.15, 0.2) is 51.4 Å². The zero-order valence-corrected chi connectivity index (χ0v) is 14.0. The first-order chi connectivity index (χ1) is 11.5. The molecule has 0 amide bonds. The molecule has 3 aromatic rings. The van der Waals surface area contributed by atoms with Crippen LogP contribution < -0.4 is 0 Å². The van der Waals surface area contributed by atoms with Crippen molar-refractivity contribution < 1.29 is 24.2 Å². The molecule has 1 heterocycles. The molecule has 122 valence electrons. The van der Waals surface area contributed by atoms with Gasteiger partial charge in [0.05, 0.1) is 0 Å². The van der Waals surface area contributed by atoms with Crippen molar-refractivity contribution in [3.05, 3.63) is 63.8 Å². The Morgan fingerprint density at radius 1 is 1.08 bits per heavy atom. The van der Waals surface area contributed by atoms with Crippen LogP contribution in [-0.2, 0) is 11.2 Å². The molecule has 0 saturated carbocycles. The van der Waals surface area contributed by atoms with Gasteiger partial charge in [0.1, 0.15) is 11.3 Å². The highest BCUT2D eigenvalue weighted by Crippen LogP contribution is 2.31. The first kappa shape index (κ1) is 16.3. The molecule has 0 aliphatic rings. The lowest BCUT2D eigenvalue weighted by atomic mass is 10.0. The van der Waals surface area contributed by atoms with Crippen molar-refractivity contribution in [1.82, 2.24) is 0 Å². The number of carbonyl (C=O) groups excluding carboxylic acids is 1. The molecule has 0 fully saturated rings. The molecule has 3 rings (SSSR count). The van der Waals surface area contributed by atoms with Crippen molar-refractivity contribution in [3.63, 3.8) is 0 Å². The van der Waals surface area contributed by atoms with E-state index in [2.05, 4.69) is 15.9 Å². The van der Waals surface area contributed by atoms with Crippen LogP contribution in [0.4, 0.5) is 0 Å². The molecule has 1 aromatic heterocycles. The van der Waals surface area contributed by atoms with Crippen LogP contribution in [0.25, 0.3) is 11.0 Å². The standard InChI is InChI=1S/C18H13BrO5/c19-11-3-1-10(2-4-11)17(23)18-14(7-8-16(21)22)13-6-5-12(20)9-15(13)24-18/h1-6,9,20H,7-8H2,(H,21,22). The maximum atomic E-state index is 12.8. The molecule has 0 aliphatic heterocycles. The Bertz CT molecular complexity index is 924. The lowest BCUT2D eigenvalue weighted by molar-refractivity contribution is -0.136. The van der Waals surface area contributed by atoms with Gasteiger partial charge in [-0.1, -0.05) is 15.9 Å². The Balaban J connectivity index is 2.10. The van der Waals surface area contributed by atoms with Crippen LogP contribution in [0.3, 0.4) is 0 Å². The van der Waals surface area contributed by atoms with E-state index < -0.39 is 5.97 Å². The fraction of sp³-hybridized carbons (Fsp3) is 0.111. The van der Waals surface area contributed by atoms with Crippen LogP contribution in [0.5, 0.6) is 5.75 Å². The fourth-order valence-corrected chi connectivity index (χ4v) is 2.80. The van der Waals surface area contributed by atoms with Crippen LogP contribution >= 0.6 is 15.9 Å². The molecule has 0 aliphatic carbocycles. The number of carbonyl (C=O) groups is 2. The predicted molar refractivity (Wildman–Crippen MR) is 91.4 cm³/mol. The molecule has 0 atom stereocenters. The topological polar surface area (TPSA) is 87.7 Å². The van der Waals surface area contributed by atoms with E-state index in [-0.39, 0.29) is 30.1 Å². The maximum absolute atomic E-state index is 12.8. The van der Waals surface area contributed by atoms with Gasteiger partial charge < -0.3 is 14.6 Å². The molecule has 2 N–H and O–H groups in total. The largest absolute Gasteiger partial charge is 0.508 e. The molecule has 0 saturated heterocycles. The fourth-order valence-electron chi connectivity index (χ4n) is 2.53. The van der Waals surface area contributed by atoms with Crippen molar-refractivity contribution in [2.24, 2.45) is 0 Å². The minimum atomic E-state index is -0.954. The molecule has 0 bridgehead atoms. The molecular weight excluding hydrogens is 376 g/mol. The zero-order valence-electron chi connectivity index (χ0n) is 12.5. The second-order valence-electron chi connectivity index (χ2n) is 5.32. The smallest absolute Gasteiger partial charge is 0.303 e. The van der Waals surface area contributed by atoms with E-state index in [1.807, 2.05) is 0 Å².